The number of carbonyl (C=O) groups is 2. The highest BCUT2D eigenvalue weighted by Gasteiger charge is 2.44. The van der Waals surface area contributed by atoms with E-state index in [9.17, 15) is 18.0 Å². The van der Waals surface area contributed by atoms with Crippen LogP contribution in [0, 0.1) is 0 Å². The van der Waals surface area contributed by atoms with Gasteiger partial charge in [-0.3, -0.25) is 19.6 Å². The highest BCUT2D eigenvalue weighted by Crippen LogP contribution is 2.38. The molecule has 1 aliphatic rings. The Morgan fingerprint density at radius 1 is 0.978 bits per heavy atom. The van der Waals surface area contributed by atoms with Gasteiger partial charge in [-0.1, -0.05) is 25.9 Å². The Kier molecular flexibility index (Phi) is 10.7. The summed E-state index contributed by atoms with van der Waals surface area (Å²) in [4.78, 5) is 31.8. The van der Waals surface area contributed by atoms with Gasteiger partial charge < -0.3 is 19.9 Å². The zero-order valence-electron chi connectivity index (χ0n) is 27.3. The van der Waals surface area contributed by atoms with Crippen LogP contribution in [0.3, 0.4) is 0 Å². The first-order valence-corrected chi connectivity index (χ1v) is 16.2. The molecule has 0 aliphatic carbocycles. The molecule has 0 atom stereocenters. The number of hydrogen-bond acceptors (Lipinski definition) is 9. The number of ether oxygens (including phenoxy) is 1. The number of nitrogens with one attached hydrogen (secondary N) is 3. The fourth-order valence-corrected chi connectivity index (χ4v) is 4.93. The van der Waals surface area contributed by atoms with E-state index in [4.69, 9.17) is 13.8 Å². The lowest BCUT2D eigenvalue weighted by Gasteiger charge is -2.53. The molecular weight excluding hydrogens is 600 g/mol. The summed E-state index contributed by atoms with van der Waals surface area (Å²) in [6, 6.07) is 11.4. The van der Waals surface area contributed by atoms with Crippen molar-refractivity contribution in [3.63, 3.8) is 0 Å². The normalized spacial score (nSPS) is 16.6. The second-order valence-electron chi connectivity index (χ2n) is 13.4. The van der Waals surface area contributed by atoms with Gasteiger partial charge in [-0.25, -0.2) is 9.78 Å². The fraction of sp³-hybridized carbons (Fsp3) is 0.484. The van der Waals surface area contributed by atoms with Crippen LogP contribution < -0.4 is 20.7 Å². The molecule has 1 aliphatic heterocycles. The van der Waals surface area contributed by atoms with E-state index >= 15 is 0 Å². The van der Waals surface area contributed by atoms with Crippen molar-refractivity contribution in [3.05, 3.63) is 60.0 Å². The maximum absolute atomic E-state index is 12.7. The number of aromatic nitrogens is 2. The number of urea groups is 1. The highest BCUT2D eigenvalue weighted by molar-refractivity contribution is 7.85. The van der Waals surface area contributed by atoms with Crippen LogP contribution in [-0.4, -0.2) is 70.4 Å². The number of rotatable bonds is 6. The maximum Gasteiger partial charge on any atom is 0.326 e. The van der Waals surface area contributed by atoms with Crippen LogP contribution in [0.2, 0.25) is 0 Å². The van der Waals surface area contributed by atoms with Gasteiger partial charge in [0.2, 0.25) is 5.88 Å². The largest absolute Gasteiger partial charge is 0.489 e. The number of carbonyl (C=O) groups excluding carboxylic acids is 2. The van der Waals surface area contributed by atoms with Crippen molar-refractivity contribution < 1.29 is 31.8 Å². The first-order chi connectivity index (χ1) is 20.6. The molecule has 13 nitrogen and oxygen atoms in total. The Morgan fingerprint density at radius 2 is 1.51 bits per heavy atom. The van der Waals surface area contributed by atoms with E-state index in [-0.39, 0.29) is 40.1 Å². The molecule has 0 unspecified atom stereocenters. The number of pyridine rings is 1. The van der Waals surface area contributed by atoms with Crippen molar-refractivity contribution in [1.29, 1.82) is 0 Å². The van der Waals surface area contributed by atoms with Crippen LogP contribution in [0.1, 0.15) is 77.5 Å². The summed E-state index contributed by atoms with van der Waals surface area (Å²) in [5, 5.41) is 12.2. The molecule has 0 bridgehead atoms. The predicted molar refractivity (Wildman–Crippen MR) is 174 cm³/mol. The minimum absolute atomic E-state index is 0.0155. The van der Waals surface area contributed by atoms with Crippen molar-refractivity contribution in [2.75, 3.05) is 29.3 Å². The van der Waals surface area contributed by atoms with Gasteiger partial charge in [0.25, 0.3) is 16.0 Å². The summed E-state index contributed by atoms with van der Waals surface area (Å²) in [6.07, 6.45) is 4.18. The molecule has 246 valence electrons. The van der Waals surface area contributed by atoms with E-state index in [0.29, 0.717) is 23.4 Å². The van der Waals surface area contributed by atoms with Crippen LogP contribution in [0.5, 0.6) is 5.75 Å². The van der Waals surface area contributed by atoms with E-state index in [1.165, 1.54) is 0 Å². The quantitative estimate of drug-likeness (QED) is 0.240. The smallest absolute Gasteiger partial charge is 0.326 e. The Hall–Kier alpha value is -4.01. The molecule has 3 heterocycles. The number of hydrogen-bond donors (Lipinski definition) is 4. The zero-order chi connectivity index (χ0) is 33.8. The second kappa shape index (κ2) is 13.5. The van der Waals surface area contributed by atoms with Gasteiger partial charge in [-0.2, -0.15) is 8.42 Å². The average Bonchev–Trinajstić information content (AvgIpc) is 3.36. The van der Waals surface area contributed by atoms with E-state index < -0.39 is 16.1 Å². The summed E-state index contributed by atoms with van der Waals surface area (Å²) in [5.41, 5.74) is 1.98. The molecule has 1 fully saturated rings. The number of amides is 3. The topological polar surface area (TPSA) is 176 Å². The number of benzene rings is 1. The van der Waals surface area contributed by atoms with Crippen molar-refractivity contribution in [3.8, 4) is 5.75 Å². The Morgan fingerprint density at radius 3 is 1.98 bits per heavy atom. The SMILES string of the molecule is CN1C(C)(C)CC(Oc2ccc(C(=O)Nc3ccc(NC(=O)Nc4cc(C(C)(C)C)no4)cc3)nc2)CC1(C)C.CS(=O)(=O)O. The van der Waals surface area contributed by atoms with E-state index in [1.807, 2.05) is 20.8 Å². The molecule has 0 radical (unpaired) electrons. The average molecular weight is 645 g/mol. The molecule has 14 heteroatoms. The fourth-order valence-electron chi connectivity index (χ4n) is 4.93. The third-order valence-electron chi connectivity index (χ3n) is 7.46. The number of nitrogens with zero attached hydrogens (tertiary/aromatic N) is 3. The standard InChI is InChI=1S/C30H40N6O4.CH4O3S/c1-28(2,3)24-15-25(40-35-24)34-27(38)33-20-11-9-19(10-12-20)32-26(37)23-14-13-21(18-31-23)39-22-16-29(4,5)36(8)30(6,7)17-22;1-5(2,3)4/h9-15,18,22H,16-17H2,1-8H3,(H,32,37)(H2,33,34,38);1H3,(H,2,3,4). The molecule has 1 saturated heterocycles. The minimum atomic E-state index is -3.67. The molecule has 2 aromatic heterocycles. The van der Waals surface area contributed by atoms with E-state index in [0.717, 1.165) is 18.5 Å². The Balaban J connectivity index is 0.00000102. The summed E-state index contributed by atoms with van der Waals surface area (Å²) in [6.45, 7) is 14.9. The summed E-state index contributed by atoms with van der Waals surface area (Å²) in [5.74, 6) is 0.562. The van der Waals surface area contributed by atoms with Crippen molar-refractivity contribution in [2.24, 2.45) is 0 Å². The van der Waals surface area contributed by atoms with Gasteiger partial charge in [-0.15, -0.1) is 0 Å². The third-order valence-corrected chi connectivity index (χ3v) is 7.46. The van der Waals surface area contributed by atoms with E-state index in [2.05, 4.69) is 65.7 Å². The lowest BCUT2D eigenvalue weighted by molar-refractivity contribution is -0.0557. The molecule has 3 aromatic rings. The van der Waals surface area contributed by atoms with Crippen LogP contribution in [-0.2, 0) is 15.5 Å². The van der Waals surface area contributed by atoms with Gasteiger partial charge in [-0.05, 0) is 71.1 Å². The van der Waals surface area contributed by atoms with Crippen LogP contribution in [0.4, 0.5) is 22.1 Å². The van der Waals surface area contributed by atoms with Crippen molar-refractivity contribution in [1.82, 2.24) is 15.0 Å². The molecule has 3 amide bonds. The first-order valence-electron chi connectivity index (χ1n) is 14.4. The van der Waals surface area contributed by atoms with Crippen LogP contribution >= 0.6 is 0 Å². The number of anilines is 3. The maximum atomic E-state index is 12.7. The van der Waals surface area contributed by atoms with Gasteiger partial charge in [0.05, 0.1) is 18.1 Å². The molecular formula is C31H44N6O7S. The van der Waals surface area contributed by atoms with Gasteiger partial charge in [0, 0.05) is 46.8 Å². The molecule has 45 heavy (non-hydrogen) atoms. The molecule has 1 aromatic carbocycles. The van der Waals surface area contributed by atoms with Crippen molar-refractivity contribution >= 4 is 39.3 Å². The lowest BCUT2D eigenvalue weighted by atomic mass is 9.79. The molecule has 4 rings (SSSR count). The molecule has 4 N–H and O–H groups in total. The van der Waals surface area contributed by atoms with E-state index in [1.54, 1.807) is 48.7 Å². The Labute approximate surface area is 264 Å². The highest BCUT2D eigenvalue weighted by atomic mass is 32.2. The minimum Gasteiger partial charge on any atom is -0.489 e. The summed E-state index contributed by atoms with van der Waals surface area (Å²) >= 11 is 0. The zero-order valence-corrected chi connectivity index (χ0v) is 28.1. The van der Waals surface area contributed by atoms with Crippen LogP contribution in [0.15, 0.2) is 53.2 Å². The second-order valence-corrected chi connectivity index (χ2v) is 14.8. The van der Waals surface area contributed by atoms with Crippen LogP contribution in [0.25, 0.3) is 0 Å². The monoisotopic (exact) mass is 644 g/mol. The number of likely N-dealkylation sites (tertiary alicyclic amines) is 1. The van der Waals surface area contributed by atoms with Crippen molar-refractivity contribution in [2.45, 2.75) is 83.9 Å². The molecule has 0 saturated carbocycles. The van der Waals surface area contributed by atoms with Gasteiger partial charge in [0.1, 0.15) is 17.5 Å². The van der Waals surface area contributed by atoms with Gasteiger partial charge in [0.15, 0.2) is 0 Å². The van der Waals surface area contributed by atoms with Gasteiger partial charge >= 0.3 is 6.03 Å². The summed E-state index contributed by atoms with van der Waals surface area (Å²) in [7, 11) is -1.51. The Bertz CT molecular complexity index is 1550. The third kappa shape index (κ3) is 10.8. The lowest BCUT2D eigenvalue weighted by Crippen LogP contribution is -2.60. The summed E-state index contributed by atoms with van der Waals surface area (Å²) < 4.78 is 37.3. The predicted octanol–water partition coefficient (Wildman–Crippen LogP) is 5.80. The number of piperidine rings is 1. The molecule has 0 spiro atoms. The first kappa shape index (κ1) is 35.5.